The van der Waals surface area contributed by atoms with Crippen LogP contribution < -0.4 is 18.9 Å². The molecular formula is C40H45N5O6. The van der Waals surface area contributed by atoms with E-state index in [0.717, 1.165) is 35.2 Å². The van der Waals surface area contributed by atoms with Crippen molar-refractivity contribution in [1.82, 2.24) is 14.7 Å². The minimum atomic E-state index is -0.0980. The lowest BCUT2D eigenvalue weighted by atomic mass is 9.91. The van der Waals surface area contributed by atoms with Crippen molar-refractivity contribution in [2.75, 3.05) is 41.4 Å². The number of ether oxygens (including phenoxy) is 4. The maximum absolute atomic E-state index is 13.6. The molecule has 4 heterocycles. The number of hydrogen-bond donors (Lipinski definition) is 0. The van der Waals surface area contributed by atoms with Gasteiger partial charge in [0.1, 0.15) is 13.2 Å². The van der Waals surface area contributed by atoms with Crippen LogP contribution in [0.4, 0.5) is 11.4 Å². The first-order valence-electron chi connectivity index (χ1n) is 17.2. The molecule has 11 heteroatoms. The Hall–Kier alpha value is -5.16. The number of carbonyl (C=O) groups excluding carboxylic acids is 2. The van der Waals surface area contributed by atoms with Crippen molar-refractivity contribution in [1.29, 1.82) is 0 Å². The molecule has 7 rings (SSSR count). The summed E-state index contributed by atoms with van der Waals surface area (Å²) in [4.78, 5) is 42.2. The second-order valence-corrected chi connectivity index (χ2v) is 14.9. The number of rotatable bonds is 10. The van der Waals surface area contributed by atoms with Crippen LogP contribution in [0.25, 0.3) is 0 Å². The number of carbonyl (C=O) groups is 2. The molecule has 3 aromatic rings. The van der Waals surface area contributed by atoms with Gasteiger partial charge in [0.25, 0.3) is 11.8 Å². The summed E-state index contributed by atoms with van der Waals surface area (Å²) in [5, 5.41) is 0. The second-order valence-electron chi connectivity index (χ2n) is 14.9. The van der Waals surface area contributed by atoms with Crippen LogP contribution in [0.5, 0.6) is 23.0 Å². The molecule has 266 valence electrons. The lowest BCUT2D eigenvalue weighted by molar-refractivity contribution is 0.0758. The molecule has 0 radical (unpaired) electrons. The topological polar surface area (TPSA) is 105 Å². The fourth-order valence-electron chi connectivity index (χ4n) is 7.49. The highest BCUT2D eigenvalue weighted by Crippen LogP contribution is 2.42. The highest BCUT2D eigenvalue weighted by molar-refractivity contribution is 6.04. The number of benzene rings is 3. The third-order valence-electron chi connectivity index (χ3n) is 9.77. The molecule has 2 atom stereocenters. The molecule has 3 aromatic carbocycles. The highest BCUT2D eigenvalue weighted by Gasteiger charge is 2.41. The Labute approximate surface area is 299 Å². The van der Waals surface area contributed by atoms with Gasteiger partial charge in [-0.3, -0.25) is 19.6 Å². The molecule has 0 aromatic heterocycles. The Bertz CT molecular complexity index is 1970. The van der Waals surface area contributed by atoms with E-state index in [1.54, 1.807) is 43.4 Å². The Kier molecular flexibility index (Phi) is 9.09. The Morgan fingerprint density at radius 1 is 0.765 bits per heavy atom. The number of fused-ring (bicyclic) bond motifs is 4. The van der Waals surface area contributed by atoms with Gasteiger partial charge in [0, 0.05) is 44.2 Å². The maximum Gasteiger partial charge on any atom is 0.257 e. The van der Waals surface area contributed by atoms with Crippen LogP contribution >= 0.6 is 0 Å². The highest BCUT2D eigenvalue weighted by atomic mass is 16.5. The molecule has 0 bridgehead atoms. The van der Waals surface area contributed by atoms with Crippen molar-refractivity contribution in [2.24, 2.45) is 15.4 Å². The van der Waals surface area contributed by atoms with Crippen LogP contribution in [-0.2, 0) is 19.8 Å². The molecule has 0 saturated carbocycles. The average molecular weight is 692 g/mol. The van der Waals surface area contributed by atoms with Crippen LogP contribution in [0, 0.1) is 5.41 Å². The van der Waals surface area contributed by atoms with E-state index in [1.807, 2.05) is 37.5 Å². The molecule has 0 spiro atoms. The van der Waals surface area contributed by atoms with Gasteiger partial charge >= 0.3 is 0 Å². The standard InChI is InChI=1S/C40H45N5O6/c1-24-8-28-17-41-32-14-36(34(48-6)12-30(32)38(46)44(28)19-24)50-21-26-9-25(20-43(4)5)10-27(11-26)22-51-37-15-33-31(13-35(37)49-7)39(47)45-23-40(2,3)16-29(45)18-42-33/h9-15,17-18,28-29H,1,8,16,19-23H2,2-7H3/t28-,29-/m0/s1. The molecule has 0 N–H and O–H groups in total. The van der Waals surface area contributed by atoms with E-state index in [4.69, 9.17) is 23.9 Å². The summed E-state index contributed by atoms with van der Waals surface area (Å²) in [6.45, 7) is 10.9. The third kappa shape index (κ3) is 6.95. The average Bonchev–Trinajstić information content (AvgIpc) is 3.56. The van der Waals surface area contributed by atoms with Crippen molar-refractivity contribution >= 4 is 35.6 Å². The first kappa shape index (κ1) is 34.3. The number of aliphatic imine (C=N–C) groups is 2. The van der Waals surface area contributed by atoms with Gasteiger partial charge in [-0.1, -0.05) is 38.1 Å². The van der Waals surface area contributed by atoms with Gasteiger partial charge in [-0.25, -0.2) is 0 Å². The molecule has 11 nitrogen and oxygen atoms in total. The van der Waals surface area contributed by atoms with Gasteiger partial charge in [0.15, 0.2) is 23.0 Å². The molecular weight excluding hydrogens is 646 g/mol. The zero-order chi connectivity index (χ0) is 36.0. The van der Waals surface area contributed by atoms with Crippen molar-refractivity contribution in [2.45, 2.75) is 58.5 Å². The Morgan fingerprint density at radius 2 is 1.29 bits per heavy atom. The van der Waals surface area contributed by atoms with Gasteiger partial charge in [-0.15, -0.1) is 0 Å². The molecule has 51 heavy (non-hydrogen) atoms. The summed E-state index contributed by atoms with van der Waals surface area (Å²) >= 11 is 0. The summed E-state index contributed by atoms with van der Waals surface area (Å²) in [6, 6.07) is 13.2. The van der Waals surface area contributed by atoms with E-state index in [2.05, 4.69) is 42.5 Å². The molecule has 4 aliphatic heterocycles. The summed E-state index contributed by atoms with van der Waals surface area (Å²) in [5.74, 6) is 1.81. The zero-order valence-electron chi connectivity index (χ0n) is 30.2. The minimum Gasteiger partial charge on any atom is -0.493 e. The SMILES string of the molecule is C=C1C[C@H]2C=Nc3cc(OCc4cc(COc5cc6c(cc5OC)C(=O)N5CC(C)(C)C[C@H]5C=N6)cc(CN(C)C)c4)c(OC)cc3C(=O)N2C1. The monoisotopic (exact) mass is 691 g/mol. The fraction of sp³-hybridized carbons (Fsp3) is 0.400. The summed E-state index contributed by atoms with van der Waals surface area (Å²) in [6.07, 6.45) is 5.29. The second kappa shape index (κ2) is 13.5. The maximum atomic E-state index is 13.6. The summed E-state index contributed by atoms with van der Waals surface area (Å²) in [7, 11) is 7.19. The molecule has 2 amide bonds. The summed E-state index contributed by atoms with van der Waals surface area (Å²) < 4.78 is 24.1. The smallest absolute Gasteiger partial charge is 0.257 e. The largest absolute Gasteiger partial charge is 0.493 e. The van der Waals surface area contributed by atoms with Crippen LogP contribution in [0.15, 0.2) is 64.6 Å². The van der Waals surface area contributed by atoms with Gasteiger partial charge in [0.2, 0.25) is 0 Å². The Morgan fingerprint density at radius 3 is 1.84 bits per heavy atom. The number of methoxy groups -OCH3 is 2. The quantitative estimate of drug-likeness (QED) is 0.228. The number of hydrogen-bond acceptors (Lipinski definition) is 9. The lowest BCUT2D eigenvalue weighted by Crippen LogP contribution is -2.36. The first-order chi connectivity index (χ1) is 24.4. The molecule has 2 fully saturated rings. The number of amides is 2. The molecule has 0 aliphatic carbocycles. The predicted octanol–water partition coefficient (Wildman–Crippen LogP) is 6.37. The third-order valence-corrected chi connectivity index (χ3v) is 9.77. The van der Waals surface area contributed by atoms with Crippen molar-refractivity contribution < 1.29 is 28.5 Å². The fourth-order valence-corrected chi connectivity index (χ4v) is 7.49. The predicted molar refractivity (Wildman–Crippen MR) is 197 cm³/mol. The van der Waals surface area contributed by atoms with Crippen LogP contribution in [-0.4, -0.2) is 92.4 Å². The Balaban J connectivity index is 1.11. The minimum absolute atomic E-state index is 0.0325. The van der Waals surface area contributed by atoms with Crippen molar-refractivity contribution in [3.05, 3.63) is 82.4 Å². The molecule has 4 aliphatic rings. The van der Waals surface area contributed by atoms with Gasteiger partial charge in [-0.2, -0.15) is 0 Å². The molecule has 0 unspecified atom stereocenters. The molecule has 2 saturated heterocycles. The van der Waals surface area contributed by atoms with Crippen molar-refractivity contribution in [3.63, 3.8) is 0 Å². The first-order valence-corrected chi connectivity index (χ1v) is 17.2. The number of nitrogens with zero attached hydrogens (tertiary/aromatic N) is 5. The van der Waals surface area contributed by atoms with E-state index in [-0.39, 0.29) is 42.5 Å². The summed E-state index contributed by atoms with van der Waals surface area (Å²) in [5.41, 5.74) is 6.15. The van der Waals surface area contributed by atoms with Gasteiger partial charge in [-0.05, 0) is 67.2 Å². The van der Waals surface area contributed by atoms with E-state index in [9.17, 15) is 9.59 Å². The van der Waals surface area contributed by atoms with Crippen LogP contribution in [0.3, 0.4) is 0 Å². The lowest BCUT2D eigenvalue weighted by Gasteiger charge is -2.22. The van der Waals surface area contributed by atoms with E-state index < -0.39 is 0 Å². The normalized spacial score (nSPS) is 20.1. The van der Waals surface area contributed by atoms with Crippen LogP contribution in [0.1, 0.15) is 64.1 Å². The van der Waals surface area contributed by atoms with Gasteiger partial charge < -0.3 is 33.6 Å². The zero-order valence-corrected chi connectivity index (χ0v) is 30.2. The van der Waals surface area contributed by atoms with Crippen LogP contribution in [0.2, 0.25) is 0 Å². The van der Waals surface area contributed by atoms with Crippen molar-refractivity contribution in [3.8, 4) is 23.0 Å². The van der Waals surface area contributed by atoms with E-state index in [1.165, 1.54) is 0 Å². The van der Waals surface area contributed by atoms with Gasteiger partial charge in [0.05, 0.1) is 48.8 Å². The van der Waals surface area contributed by atoms with E-state index >= 15 is 0 Å². The van der Waals surface area contributed by atoms with E-state index in [0.29, 0.717) is 65.0 Å².